The first-order valence-electron chi connectivity index (χ1n) is 5.22. The molecule has 2 rings (SSSR count). The van der Waals surface area contributed by atoms with Crippen LogP contribution < -0.4 is 0 Å². The summed E-state index contributed by atoms with van der Waals surface area (Å²) < 4.78 is 38.9. The first kappa shape index (κ1) is 16.2. The number of rotatable bonds is 1. The van der Waals surface area contributed by atoms with Crippen molar-refractivity contribution in [2.24, 2.45) is 0 Å². The van der Waals surface area contributed by atoms with Gasteiger partial charge in [0.25, 0.3) is 0 Å². The molecular weight excluding hydrogens is 446 g/mol. The van der Waals surface area contributed by atoms with Gasteiger partial charge >= 0.3 is 6.18 Å². The van der Waals surface area contributed by atoms with E-state index in [4.69, 9.17) is 34.8 Å². The van der Waals surface area contributed by atoms with Crippen LogP contribution in [0.5, 0.6) is 0 Å². The van der Waals surface area contributed by atoms with Gasteiger partial charge in [-0.15, -0.1) is 0 Å². The van der Waals surface area contributed by atoms with Crippen molar-refractivity contribution in [2.75, 3.05) is 0 Å². The van der Waals surface area contributed by atoms with Crippen molar-refractivity contribution in [1.29, 1.82) is 0 Å². The van der Waals surface area contributed by atoms with Crippen molar-refractivity contribution in [3.63, 3.8) is 0 Å². The monoisotopic (exact) mass is 450 g/mol. The summed E-state index contributed by atoms with van der Waals surface area (Å²) in [5.74, 6) is 0. The lowest BCUT2D eigenvalue weighted by molar-refractivity contribution is -0.137. The lowest BCUT2D eigenvalue weighted by atomic mass is 10.0. The number of hydrogen-bond donors (Lipinski definition) is 0. The van der Waals surface area contributed by atoms with E-state index in [2.05, 4.69) is 0 Å². The summed E-state index contributed by atoms with van der Waals surface area (Å²) in [5, 5.41) is 0.509. The lowest BCUT2D eigenvalue weighted by Crippen LogP contribution is -2.05. The Balaban J connectivity index is 2.65. The van der Waals surface area contributed by atoms with Gasteiger partial charge in [-0.2, -0.15) is 13.2 Å². The molecule has 0 bridgehead atoms. The molecule has 106 valence electrons. The molecule has 0 aliphatic heterocycles. The van der Waals surface area contributed by atoms with Gasteiger partial charge in [0.1, 0.15) is 0 Å². The van der Waals surface area contributed by atoms with E-state index >= 15 is 0 Å². The molecule has 0 aromatic heterocycles. The van der Waals surface area contributed by atoms with Gasteiger partial charge in [0.15, 0.2) is 0 Å². The summed E-state index contributed by atoms with van der Waals surface area (Å²) in [4.78, 5) is 0. The molecule has 7 heteroatoms. The molecule has 0 fully saturated rings. The Hall–Kier alpha value is -0.170. The largest absolute Gasteiger partial charge is 0.416 e. The third-order valence-corrected chi connectivity index (χ3v) is 4.49. The highest BCUT2D eigenvalue weighted by molar-refractivity contribution is 14.1. The van der Waals surface area contributed by atoms with Gasteiger partial charge in [0.2, 0.25) is 0 Å². The van der Waals surface area contributed by atoms with Crippen LogP contribution in [-0.2, 0) is 6.18 Å². The van der Waals surface area contributed by atoms with E-state index in [0.717, 1.165) is 12.1 Å². The zero-order chi connectivity index (χ0) is 15.1. The lowest BCUT2D eigenvalue weighted by Gasteiger charge is -2.12. The predicted molar refractivity (Wildman–Crippen MR) is 84.6 cm³/mol. The Morgan fingerprint density at radius 3 is 2.15 bits per heavy atom. The van der Waals surface area contributed by atoms with Crippen molar-refractivity contribution in [1.82, 2.24) is 0 Å². The van der Waals surface area contributed by atoms with Gasteiger partial charge in [0, 0.05) is 9.13 Å². The normalized spacial score (nSPS) is 11.8. The van der Waals surface area contributed by atoms with Crippen molar-refractivity contribution >= 4 is 57.4 Å². The summed E-state index contributed by atoms with van der Waals surface area (Å²) in [7, 11) is 0. The van der Waals surface area contributed by atoms with Gasteiger partial charge in [0.05, 0.1) is 20.6 Å². The van der Waals surface area contributed by atoms with Crippen LogP contribution in [-0.4, -0.2) is 0 Å². The Morgan fingerprint density at radius 1 is 0.900 bits per heavy atom. The fraction of sp³-hybridized carbons (Fsp3) is 0.0769. The third kappa shape index (κ3) is 3.35. The zero-order valence-electron chi connectivity index (χ0n) is 9.53. The maximum absolute atomic E-state index is 12.8. The van der Waals surface area contributed by atoms with Gasteiger partial charge in [-0.05, 0) is 52.4 Å². The molecule has 0 unspecified atom stereocenters. The van der Waals surface area contributed by atoms with Gasteiger partial charge < -0.3 is 0 Å². The molecule has 2 aromatic carbocycles. The van der Waals surface area contributed by atoms with E-state index in [1.54, 1.807) is 12.1 Å². The van der Waals surface area contributed by atoms with Crippen LogP contribution in [0.2, 0.25) is 15.1 Å². The molecular formula is C13H5Cl3F3I. The summed E-state index contributed by atoms with van der Waals surface area (Å²) in [5.41, 5.74) is 0.0133. The molecule has 2 aromatic rings. The average molecular weight is 451 g/mol. The second-order valence-electron chi connectivity index (χ2n) is 3.95. The summed E-state index contributed by atoms with van der Waals surface area (Å²) in [6.45, 7) is 0. The molecule has 0 radical (unpaired) electrons. The average Bonchev–Trinajstić information content (AvgIpc) is 2.34. The minimum absolute atomic E-state index is 0.123. The minimum atomic E-state index is -4.42. The second kappa shape index (κ2) is 5.91. The van der Waals surface area contributed by atoms with E-state index in [9.17, 15) is 13.2 Å². The van der Waals surface area contributed by atoms with E-state index in [1.165, 1.54) is 6.07 Å². The van der Waals surface area contributed by atoms with Crippen LogP contribution in [0.4, 0.5) is 13.2 Å². The van der Waals surface area contributed by atoms with Crippen molar-refractivity contribution in [2.45, 2.75) is 6.18 Å². The summed E-state index contributed by atoms with van der Waals surface area (Å²) in [6, 6.07) is 6.74. The molecule has 0 N–H and O–H groups in total. The van der Waals surface area contributed by atoms with Crippen LogP contribution in [0.3, 0.4) is 0 Å². The van der Waals surface area contributed by atoms with E-state index in [1.807, 2.05) is 22.6 Å². The van der Waals surface area contributed by atoms with Crippen LogP contribution in [0.15, 0.2) is 30.3 Å². The summed E-state index contributed by atoms with van der Waals surface area (Å²) >= 11 is 19.6. The maximum atomic E-state index is 12.8. The van der Waals surface area contributed by atoms with Crippen LogP contribution >= 0.6 is 57.4 Å². The van der Waals surface area contributed by atoms with Crippen molar-refractivity contribution in [3.8, 4) is 11.1 Å². The van der Waals surface area contributed by atoms with Crippen molar-refractivity contribution < 1.29 is 13.2 Å². The molecule has 0 spiro atoms. The van der Waals surface area contributed by atoms with Crippen molar-refractivity contribution in [3.05, 3.63) is 54.5 Å². The van der Waals surface area contributed by atoms with Crippen LogP contribution in [0, 0.1) is 3.57 Å². The highest BCUT2D eigenvalue weighted by atomic mass is 127. The Labute approximate surface area is 142 Å². The van der Waals surface area contributed by atoms with Crippen LogP contribution in [0.25, 0.3) is 11.1 Å². The number of benzene rings is 2. The Bertz CT molecular complexity index is 669. The Kier molecular flexibility index (Phi) is 4.79. The molecule has 0 aliphatic rings. The SMILES string of the molecule is FC(F)(F)c1cc(I)cc(-c2ccc(Cl)c(Cl)c2Cl)c1. The van der Waals surface area contributed by atoms with Gasteiger partial charge in [-0.25, -0.2) is 0 Å². The number of hydrogen-bond acceptors (Lipinski definition) is 0. The summed E-state index contributed by atoms with van der Waals surface area (Å²) in [6.07, 6.45) is -4.42. The minimum Gasteiger partial charge on any atom is -0.166 e. The van der Waals surface area contributed by atoms with Crippen LogP contribution in [0.1, 0.15) is 5.56 Å². The Morgan fingerprint density at radius 2 is 1.55 bits per heavy atom. The first-order chi connectivity index (χ1) is 9.20. The fourth-order valence-electron chi connectivity index (χ4n) is 1.66. The quantitative estimate of drug-likeness (QED) is 0.326. The smallest absolute Gasteiger partial charge is 0.166 e. The van der Waals surface area contributed by atoms with E-state index in [0.29, 0.717) is 14.7 Å². The fourth-order valence-corrected chi connectivity index (χ4v) is 2.97. The third-order valence-electron chi connectivity index (χ3n) is 2.57. The molecule has 20 heavy (non-hydrogen) atoms. The molecule has 0 atom stereocenters. The topological polar surface area (TPSA) is 0 Å². The standard InChI is InChI=1S/C13H5Cl3F3I/c14-10-2-1-9(11(15)12(10)16)6-3-7(13(17,18)19)5-8(20)4-6/h1-5H. The number of halogens is 7. The number of alkyl halides is 3. The first-order valence-corrected chi connectivity index (χ1v) is 7.43. The molecule has 0 aliphatic carbocycles. The molecule has 0 amide bonds. The highest BCUT2D eigenvalue weighted by Gasteiger charge is 2.31. The molecule has 0 nitrogen and oxygen atoms in total. The highest BCUT2D eigenvalue weighted by Crippen LogP contribution is 2.40. The van der Waals surface area contributed by atoms with Gasteiger partial charge in [-0.3, -0.25) is 0 Å². The second-order valence-corrected chi connectivity index (χ2v) is 6.36. The maximum Gasteiger partial charge on any atom is 0.416 e. The van der Waals surface area contributed by atoms with E-state index < -0.39 is 11.7 Å². The molecule has 0 saturated heterocycles. The molecule has 0 heterocycles. The van der Waals surface area contributed by atoms with E-state index in [-0.39, 0.29) is 15.1 Å². The van der Waals surface area contributed by atoms with Gasteiger partial charge in [-0.1, -0.05) is 40.9 Å². The zero-order valence-corrected chi connectivity index (χ0v) is 14.0. The predicted octanol–water partition coefficient (Wildman–Crippen LogP) is 6.94. The molecule has 0 saturated carbocycles.